The van der Waals surface area contributed by atoms with Crippen molar-refractivity contribution >= 4 is 16.7 Å². The van der Waals surface area contributed by atoms with Crippen LogP contribution in [0.5, 0.6) is 5.75 Å². The molecule has 104 valence electrons. The highest BCUT2D eigenvalue weighted by atomic mass is 16.5. The summed E-state index contributed by atoms with van der Waals surface area (Å²) in [6.45, 7) is 0.680. The molecule has 1 aliphatic carbocycles. The summed E-state index contributed by atoms with van der Waals surface area (Å²) in [7, 11) is 0. The van der Waals surface area contributed by atoms with E-state index in [9.17, 15) is 0 Å². The maximum atomic E-state index is 7.68. The zero-order valence-electron chi connectivity index (χ0n) is 11.4. The van der Waals surface area contributed by atoms with Crippen LogP contribution in [0.3, 0.4) is 0 Å². The molecule has 4 nitrogen and oxygen atoms in total. The lowest BCUT2D eigenvalue weighted by molar-refractivity contribution is 0.223. The van der Waals surface area contributed by atoms with Crippen LogP contribution in [0.4, 0.5) is 0 Å². The van der Waals surface area contributed by atoms with E-state index in [0.717, 1.165) is 23.2 Å². The third kappa shape index (κ3) is 2.46. The molecule has 0 saturated heterocycles. The number of fused-ring (bicyclic) bond motifs is 1. The summed E-state index contributed by atoms with van der Waals surface area (Å²) >= 11 is 0. The lowest BCUT2D eigenvalue weighted by atomic mass is 9.83. The number of nitrogens with one attached hydrogen (secondary N) is 1. The zero-order chi connectivity index (χ0) is 13.9. The Labute approximate surface area is 118 Å². The van der Waals surface area contributed by atoms with Gasteiger partial charge >= 0.3 is 0 Å². The van der Waals surface area contributed by atoms with E-state index in [0.29, 0.717) is 17.9 Å². The highest BCUT2D eigenvalue weighted by Crippen LogP contribution is 2.31. The van der Waals surface area contributed by atoms with Gasteiger partial charge in [0, 0.05) is 11.6 Å². The van der Waals surface area contributed by atoms with E-state index in [4.69, 9.17) is 15.9 Å². The number of aromatic nitrogens is 1. The SMILES string of the molecule is N=C(N)c1cnc2ccccc2c1OCCC1CCC1. The first-order valence-electron chi connectivity index (χ1n) is 7.10. The number of benzene rings is 1. The molecular formula is C16H19N3O. The Bertz CT molecular complexity index is 635. The van der Waals surface area contributed by atoms with Crippen LogP contribution in [0.25, 0.3) is 10.9 Å². The van der Waals surface area contributed by atoms with E-state index in [1.807, 2.05) is 24.3 Å². The fourth-order valence-corrected chi connectivity index (χ4v) is 2.57. The van der Waals surface area contributed by atoms with E-state index in [2.05, 4.69) is 4.98 Å². The molecule has 0 spiro atoms. The number of hydrogen-bond acceptors (Lipinski definition) is 3. The van der Waals surface area contributed by atoms with Gasteiger partial charge in [-0.3, -0.25) is 10.4 Å². The van der Waals surface area contributed by atoms with Crippen molar-refractivity contribution in [2.75, 3.05) is 6.61 Å². The Morgan fingerprint density at radius 1 is 1.35 bits per heavy atom. The van der Waals surface area contributed by atoms with Crippen molar-refractivity contribution in [2.24, 2.45) is 11.7 Å². The van der Waals surface area contributed by atoms with Crippen LogP contribution in [0.15, 0.2) is 30.5 Å². The Kier molecular flexibility index (Phi) is 3.54. The first-order valence-corrected chi connectivity index (χ1v) is 7.10. The Hall–Kier alpha value is -2.10. The van der Waals surface area contributed by atoms with Crippen molar-refractivity contribution < 1.29 is 4.74 Å². The van der Waals surface area contributed by atoms with Gasteiger partial charge in [-0.1, -0.05) is 31.4 Å². The van der Waals surface area contributed by atoms with Gasteiger partial charge < -0.3 is 10.5 Å². The van der Waals surface area contributed by atoms with E-state index in [1.54, 1.807) is 6.20 Å². The number of para-hydroxylation sites is 1. The molecule has 0 bridgehead atoms. The lowest BCUT2D eigenvalue weighted by Gasteiger charge is -2.25. The van der Waals surface area contributed by atoms with Crippen molar-refractivity contribution in [3.05, 3.63) is 36.0 Å². The summed E-state index contributed by atoms with van der Waals surface area (Å²) < 4.78 is 5.96. The molecular weight excluding hydrogens is 250 g/mol. The summed E-state index contributed by atoms with van der Waals surface area (Å²) in [5.74, 6) is 1.51. The first-order chi connectivity index (χ1) is 9.75. The topological polar surface area (TPSA) is 72.0 Å². The fourth-order valence-electron chi connectivity index (χ4n) is 2.57. The molecule has 2 aromatic rings. The normalized spacial score (nSPS) is 15.0. The smallest absolute Gasteiger partial charge is 0.141 e. The molecule has 3 N–H and O–H groups in total. The zero-order valence-corrected chi connectivity index (χ0v) is 11.4. The van der Waals surface area contributed by atoms with E-state index in [1.165, 1.54) is 19.3 Å². The lowest BCUT2D eigenvalue weighted by Crippen LogP contribution is -2.17. The number of rotatable bonds is 5. The highest BCUT2D eigenvalue weighted by molar-refractivity contribution is 6.02. The molecule has 1 fully saturated rings. The van der Waals surface area contributed by atoms with Gasteiger partial charge in [-0.2, -0.15) is 0 Å². The highest BCUT2D eigenvalue weighted by Gasteiger charge is 2.18. The maximum Gasteiger partial charge on any atom is 0.141 e. The molecule has 1 aromatic carbocycles. The molecule has 4 heteroatoms. The van der Waals surface area contributed by atoms with Crippen LogP contribution < -0.4 is 10.5 Å². The maximum absolute atomic E-state index is 7.68. The summed E-state index contributed by atoms with van der Waals surface area (Å²) in [5.41, 5.74) is 7.09. The average molecular weight is 269 g/mol. The molecule has 3 rings (SSSR count). The van der Waals surface area contributed by atoms with E-state index < -0.39 is 0 Å². The minimum Gasteiger partial charge on any atom is -0.492 e. The fraction of sp³-hybridized carbons (Fsp3) is 0.375. The van der Waals surface area contributed by atoms with Crippen LogP contribution >= 0.6 is 0 Å². The van der Waals surface area contributed by atoms with Gasteiger partial charge in [0.05, 0.1) is 17.7 Å². The van der Waals surface area contributed by atoms with Crippen LogP contribution in [0, 0.1) is 11.3 Å². The first kappa shape index (κ1) is 12.9. The largest absolute Gasteiger partial charge is 0.492 e. The Morgan fingerprint density at radius 2 is 2.15 bits per heavy atom. The predicted molar refractivity (Wildman–Crippen MR) is 80.2 cm³/mol. The minimum atomic E-state index is 0.00176. The van der Waals surface area contributed by atoms with Crippen molar-refractivity contribution in [1.82, 2.24) is 4.98 Å². The molecule has 1 aromatic heterocycles. The summed E-state index contributed by atoms with van der Waals surface area (Å²) in [6.07, 6.45) is 6.69. The number of ether oxygens (including phenoxy) is 1. The van der Waals surface area contributed by atoms with Crippen molar-refractivity contribution in [3.63, 3.8) is 0 Å². The molecule has 0 atom stereocenters. The molecule has 0 aliphatic heterocycles. The Morgan fingerprint density at radius 3 is 2.85 bits per heavy atom. The van der Waals surface area contributed by atoms with Crippen LogP contribution in [0.1, 0.15) is 31.2 Å². The van der Waals surface area contributed by atoms with Crippen LogP contribution in [0.2, 0.25) is 0 Å². The van der Waals surface area contributed by atoms with Crippen molar-refractivity contribution in [2.45, 2.75) is 25.7 Å². The molecule has 1 heterocycles. The number of hydrogen-bond donors (Lipinski definition) is 2. The van der Waals surface area contributed by atoms with Gasteiger partial charge in [-0.05, 0) is 24.5 Å². The molecule has 20 heavy (non-hydrogen) atoms. The van der Waals surface area contributed by atoms with Gasteiger partial charge in [-0.25, -0.2) is 0 Å². The number of nitrogens with zero attached hydrogens (tertiary/aromatic N) is 1. The van der Waals surface area contributed by atoms with E-state index >= 15 is 0 Å². The number of amidine groups is 1. The van der Waals surface area contributed by atoms with Gasteiger partial charge in [-0.15, -0.1) is 0 Å². The standard InChI is InChI=1S/C16H19N3O/c17-16(18)13-10-19-14-7-2-1-6-12(14)15(13)20-9-8-11-4-3-5-11/h1-2,6-7,10-11H,3-5,8-9H2,(H3,17,18). The third-order valence-corrected chi connectivity index (χ3v) is 4.01. The summed E-state index contributed by atoms with van der Waals surface area (Å²) in [5, 5.41) is 8.60. The monoisotopic (exact) mass is 269 g/mol. The van der Waals surface area contributed by atoms with Gasteiger partial charge in [0.15, 0.2) is 0 Å². The molecule has 0 unspecified atom stereocenters. The van der Waals surface area contributed by atoms with Gasteiger partial charge in [0.2, 0.25) is 0 Å². The molecule has 0 amide bonds. The van der Waals surface area contributed by atoms with Gasteiger partial charge in [0.1, 0.15) is 11.6 Å². The minimum absolute atomic E-state index is 0.00176. The van der Waals surface area contributed by atoms with Crippen molar-refractivity contribution in [3.8, 4) is 5.75 Å². The second-order valence-electron chi connectivity index (χ2n) is 5.37. The van der Waals surface area contributed by atoms with Gasteiger partial charge in [0.25, 0.3) is 0 Å². The summed E-state index contributed by atoms with van der Waals surface area (Å²) in [4.78, 5) is 4.33. The molecule has 1 aliphatic rings. The summed E-state index contributed by atoms with van der Waals surface area (Å²) in [6, 6.07) is 7.80. The molecule has 0 radical (unpaired) electrons. The average Bonchev–Trinajstić information content (AvgIpc) is 2.41. The Balaban J connectivity index is 1.88. The second-order valence-corrected chi connectivity index (χ2v) is 5.37. The number of nitrogens with two attached hydrogens (primary N) is 1. The number of nitrogen functional groups attached to an aromatic ring is 1. The third-order valence-electron chi connectivity index (χ3n) is 4.01. The second kappa shape index (κ2) is 5.49. The number of pyridine rings is 1. The molecule has 1 saturated carbocycles. The van der Waals surface area contributed by atoms with E-state index in [-0.39, 0.29) is 5.84 Å². The van der Waals surface area contributed by atoms with Crippen molar-refractivity contribution in [1.29, 1.82) is 5.41 Å². The van der Waals surface area contributed by atoms with Crippen LogP contribution in [-0.2, 0) is 0 Å². The quantitative estimate of drug-likeness (QED) is 0.647. The van der Waals surface area contributed by atoms with Crippen LogP contribution in [-0.4, -0.2) is 17.4 Å². The predicted octanol–water partition coefficient (Wildman–Crippen LogP) is 3.09.